The Kier molecular flexibility index (Phi) is 5.94. The van der Waals surface area contributed by atoms with Crippen LogP contribution in [0.25, 0.3) is 0 Å². The molecule has 0 amide bonds. The number of ether oxygens (including phenoxy) is 2. The Morgan fingerprint density at radius 1 is 1.11 bits per heavy atom. The molecule has 2 rings (SSSR count). The van der Waals surface area contributed by atoms with E-state index in [2.05, 4.69) is 9.47 Å². The number of benzene rings is 1. The maximum absolute atomic E-state index is 13.9. The Morgan fingerprint density at radius 2 is 1.61 bits per heavy atom. The molecule has 2 unspecified atom stereocenters. The van der Waals surface area contributed by atoms with Crippen LogP contribution in [0, 0.1) is 40.5 Å². The molecule has 0 spiro atoms. The topological polar surface area (TPSA) is 35.5 Å². The standard InChI is InChI=1S/C17H14ClF7O3/c1-16(2)7(4-8(18)17(23,24)25)9(16)15(26)28-5-6-10(19)12(21)14(27-3)13(22)11(6)20/h4,7,9H,5H2,1-3H3/b8-4-. The predicted octanol–water partition coefficient (Wildman–Crippen LogP) is 5.25. The van der Waals surface area contributed by atoms with Crippen molar-refractivity contribution in [2.45, 2.75) is 26.6 Å². The van der Waals surface area contributed by atoms with E-state index in [1.807, 2.05) is 0 Å². The molecule has 1 aliphatic rings. The van der Waals surface area contributed by atoms with Gasteiger partial charge in [0.05, 0.1) is 18.6 Å². The molecule has 1 aromatic carbocycles. The summed E-state index contributed by atoms with van der Waals surface area (Å²) in [5.74, 6) is -11.6. The van der Waals surface area contributed by atoms with Gasteiger partial charge in [-0.2, -0.15) is 22.0 Å². The largest absolute Gasteiger partial charge is 0.491 e. The highest BCUT2D eigenvalue weighted by Gasteiger charge is 2.62. The van der Waals surface area contributed by atoms with E-state index in [4.69, 9.17) is 11.6 Å². The second-order valence-electron chi connectivity index (χ2n) is 6.71. The summed E-state index contributed by atoms with van der Waals surface area (Å²) in [5.41, 5.74) is -2.15. The minimum absolute atomic E-state index is 0.654. The summed E-state index contributed by atoms with van der Waals surface area (Å²) < 4.78 is 102. The van der Waals surface area contributed by atoms with E-state index in [9.17, 15) is 35.5 Å². The van der Waals surface area contributed by atoms with Crippen molar-refractivity contribution in [1.82, 2.24) is 0 Å². The zero-order chi connectivity index (χ0) is 21.6. The van der Waals surface area contributed by atoms with Crippen molar-refractivity contribution in [3.05, 3.63) is 39.9 Å². The number of methoxy groups -OCH3 is 1. The second-order valence-corrected chi connectivity index (χ2v) is 7.12. The molecular weight excluding hydrogens is 421 g/mol. The third kappa shape index (κ3) is 3.92. The zero-order valence-electron chi connectivity index (χ0n) is 14.7. The molecule has 1 aromatic rings. The van der Waals surface area contributed by atoms with Gasteiger partial charge in [-0.15, -0.1) is 0 Å². The van der Waals surface area contributed by atoms with Crippen LogP contribution in [0.3, 0.4) is 0 Å². The lowest BCUT2D eigenvalue weighted by molar-refractivity contribution is -0.147. The van der Waals surface area contributed by atoms with Crippen molar-refractivity contribution in [1.29, 1.82) is 0 Å². The number of hydrogen-bond donors (Lipinski definition) is 0. The lowest BCUT2D eigenvalue weighted by Gasteiger charge is -2.11. The molecule has 156 valence electrons. The number of halogens is 8. The third-order valence-electron chi connectivity index (χ3n) is 4.64. The first-order valence-electron chi connectivity index (χ1n) is 7.75. The summed E-state index contributed by atoms with van der Waals surface area (Å²) in [7, 11) is 0.801. The molecule has 2 atom stereocenters. The molecule has 0 bridgehead atoms. The van der Waals surface area contributed by atoms with E-state index in [0.717, 1.165) is 7.11 Å². The van der Waals surface area contributed by atoms with Crippen molar-refractivity contribution in [2.75, 3.05) is 7.11 Å². The van der Waals surface area contributed by atoms with Gasteiger partial charge in [-0.3, -0.25) is 4.79 Å². The fourth-order valence-electron chi connectivity index (χ4n) is 2.89. The Bertz CT molecular complexity index is 804. The fourth-order valence-corrected chi connectivity index (χ4v) is 3.02. The number of esters is 1. The fraction of sp³-hybridized carbons (Fsp3) is 0.471. The van der Waals surface area contributed by atoms with Crippen LogP contribution < -0.4 is 4.74 Å². The average molecular weight is 435 g/mol. The first-order valence-corrected chi connectivity index (χ1v) is 8.12. The molecule has 0 aliphatic heterocycles. The summed E-state index contributed by atoms with van der Waals surface area (Å²) in [6.07, 6.45) is -4.14. The molecule has 0 N–H and O–H groups in total. The average Bonchev–Trinajstić information content (AvgIpc) is 3.13. The van der Waals surface area contributed by atoms with Gasteiger partial charge in [0.25, 0.3) is 0 Å². The Hall–Kier alpha value is -1.97. The molecule has 0 heterocycles. The number of hydrogen-bond acceptors (Lipinski definition) is 3. The van der Waals surface area contributed by atoms with E-state index in [-0.39, 0.29) is 0 Å². The van der Waals surface area contributed by atoms with E-state index < -0.39 is 75.6 Å². The number of rotatable bonds is 5. The molecule has 1 aliphatic carbocycles. The molecule has 11 heteroatoms. The highest BCUT2D eigenvalue weighted by Crippen LogP contribution is 2.60. The number of carbonyl (C=O) groups is 1. The van der Waals surface area contributed by atoms with Crippen LogP contribution in [-0.4, -0.2) is 19.3 Å². The van der Waals surface area contributed by atoms with Gasteiger partial charge in [-0.05, 0) is 11.3 Å². The molecule has 1 saturated carbocycles. The van der Waals surface area contributed by atoms with E-state index in [0.29, 0.717) is 6.08 Å². The monoisotopic (exact) mass is 434 g/mol. The smallest absolute Gasteiger partial charge is 0.426 e. The van der Waals surface area contributed by atoms with Crippen molar-refractivity contribution < 1.29 is 45.0 Å². The van der Waals surface area contributed by atoms with Gasteiger partial charge in [0.15, 0.2) is 17.4 Å². The van der Waals surface area contributed by atoms with Crippen LogP contribution in [0.2, 0.25) is 0 Å². The SMILES string of the molecule is COc1c(F)c(F)c(COC(=O)C2C(/C=C(\Cl)C(F)(F)F)C2(C)C)c(F)c1F. The van der Waals surface area contributed by atoms with Crippen molar-refractivity contribution in [3.63, 3.8) is 0 Å². The summed E-state index contributed by atoms with van der Waals surface area (Å²) in [4.78, 5) is 12.1. The van der Waals surface area contributed by atoms with Crippen LogP contribution in [0.1, 0.15) is 19.4 Å². The molecule has 1 fully saturated rings. The molecule has 0 saturated heterocycles. The summed E-state index contributed by atoms with van der Waals surface area (Å²) in [5, 5.41) is -1.42. The highest BCUT2D eigenvalue weighted by molar-refractivity contribution is 6.30. The third-order valence-corrected chi connectivity index (χ3v) is 4.98. The first kappa shape index (κ1) is 22.3. The maximum atomic E-state index is 13.9. The van der Waals surface area contributed by atoms with Crippen molar-refractivity contribution in [2.24, 2.45) is 17.3 Å². The van der Waals surface area contributed by atoms with Crippen molar-refractivity contribution in [3.8, 4) is 5.75 Å². The van der Waals surface area contributed by atoms with Crippen LogP contribution in [0.15, 0.2) is 11.1 Å². The molecular formula is C17H14ClF7O3. The van der Waals surface area contributed by atoms with Gasteiger partial charge in [0.1, 0.15) is 11.6 Å². The molecule has 0 radical (unpaired) electrons. The lowest BCUT2D eigenvalue weighted by Crippen LogP contribution is -2.14. The minimum Gasteiger partial charge on any atom is -0.491 e. The number of alkyl halides is 3. The maximum Gasteiger partial charge on any atom is 0.426 e. The van der Waals surface area contributed by atoms with Gasteiger partial charge < -0.3 is 9.47 Å². The summed E-state index contributed by atoms with van der Waals surface area (Å²) in [6.45, 7) is 1.77. The van der Waals surface area contributed by atoms with Crippen LogP contribution in [0.5, 0.6) is 5.75 Å². The minimum atomic E-state index is -4.79. The zero-order valence-corrected chi connectivity index (χ0v) is 15.4. The normalized spacial score (nSPS) is 21.5. The Balaban J connectivity index is 2.18. The number of carbonyl (C=O) groups excluding carboxylic acids is 1. The van der Waals surface area contributed by atoms with Gasteiger partial charge in [0.2, 0.25) is 11.6 Å². The van der Waals surface area contributed by atoms with Gasteiger partial charge in [0, 0.05) is 0 Å². The summed E-state index contributed by atoms with van der Waals surface area (Å²) in [6, 6.07) is 0. The van der Waals surface area contributed by atoms with E-state index in [1.165, 1.54) is 13.8 Å². The van der Waals surface area contributed by atoms with Gasteiger partial charge in [-0.1, -0.05) is 31.5 Å². The predicted molar refractivity (Wildman–Crippen MR) is 83.4 cm³/mol. The number of allylic oxidation sites excluding steroid dienone is 2. The second kappa shape index (κ2) is 7.46. The van der Waals surface area contributed by atoms with Gasteiger partial charge in [-0.25, -0.2) is 8.78 Å². The van der Waals surface area contributed by atoms with E-state index in [1.54, 1.807) is 0 Å². The molecule has 3 nitrogen and oxygen atoms in total. The van der Waals surface area contributed by atoms with Crippen LogP contribution in [-0.2, 0) is 16.1 Å². The first-order chi connectivity index (χ1) is 12.7. The molecule has 28 heavy (non-hydrogen) atoms. The van der Waals surface area contributed by atoms with Crippen LogP contribution >= 0.6 is 11.6 Å². The lowest BCUT2D eigenvalue weighted by atomic mass is 10.1. The summed E-state index contributed by atoms with van der Waals surface area (Å²) >= 11 is 5.16. The molecule has 0 aromatic heterocycles. The highest BCUT2D eigenvalue weighted by atomic mass is 35.5. The quantitative estimate of drug-likeness (QED) is 0.361. The van der Waals surface area contributed by atoms with Crippen molar-refractivity contribution >= 4 is 17.6 Å². The Labute approximate surface area is 160 Å². The van der Waals surface area contributed by atoms with E-state index >= 15 is 0 Å². The van der Waals surface area contributed by atoms with Crippen LogP contribution in [0.4, 0.5) is 30.7 Å². The Morgan fingerprint density at radius 3 is 2.04 bits per heavy atom. The van der Waals surface area contributed by atoms with Gasteiger partial charge >= 0.3 is 12.1 Å².